The van der Waals surface area contributed by atoms with Gasteiger partial charge in [-0.15, -0.1) is 0 Å². The third-order valence-electron chi connectivity index (χ3n) is 4.70. The Bertz CT molecular complexity index is 1020. The van der Waals surface area contributed by atoms with Crippen molar-refractivity contribution in [2.45, 2.75) is 39.5 Å². The molecule has 30 heavy (non-hydrogen) atoms. The first-order valence-electron chi connectivity index (χ1n) is 9.61. The van der Waals surface area contributed by atoms with Crippen LogP contribution in [0.1, 0.15) is 43.7 Å². The van der Waals surface area contributed by atoms with E-state index in [0.29, 0.717) is 17.2 Å². The highest BCUT2D eigenvalue weighted by atomic mass is 32.2. The van der Waals surface area contributed by atoms with Gasteiger partial charge in [-0.2, -0.15) is 0 Å². The predicted octanol–water partition coefficient (Wildman–Crippen LogP) is 4.21. The molecule has 1 amide bonds. The first-order valence-corrected chi connectivity index (χ1v) is 11.5. The van der Waals surface area contributed by atoms with Gasteiger partial charge in [0.25, 0.3) is 5.69 Å². The van der Waals surface area contributed by atoms with Crippen LogP contribution in [0.15, 0.2) is 42.5 Å². The van der Waals surface area contributed by atoms with Gasteiger partial charge in [-0.25, -0.2) is 8.42 Å². The maximum absolute atomic E-state index is 12.3. The minimum Gasteiger partial charge on any atom is -0.326 e. The Labute approximate surface area is 177 Å². The fraction of sp³-hybridized carbons (Fsp3) is 0.381. The second kappa shape index (κ2) is 9.71. The Hall–Kier alpha value is -2.94. The Kier molecular flexibility index (Phi) is 7.55. The fourth-order valence-electron chi connectivity index (χ4n) is 3.00. The number of nitro benzene ring substituents is 1. The molecule has 0 fully saturated rings. The second-order valence-corrected chi connectivity index (χ2v) is 9.40. The van der Waals surface area contributed by atoms with Crippen LogP contribution < -0.4 is 9.62 Å². The number of amides is 1. The van der Waals surface area contributed by atoms with E-state index in [1.54, 1.807) is 6.92 Å². The molecule has 0 atom stereocenters. The first kappa shape index (κ1) is 23.3. The van der Waals surface area contributed by atoms with Gasteiger partial charge in [-0.05, 0) is 42.5 Å². The van der Waals surface area contributed by atoms with E-state index in [-0.39, 0.29) is 36.7 Å². The van der Waals surface area contributed by atoms with Gasteiger partial charge < -0.3 is 5.32 Å². The molecule has 0 aliphatic carbocycles. The highest BCUT2D eigenvalue weighted by Gasteiger charge is 2.22. The number of aryl methyl sites for hydroxylation is 1. The Morgan fingerprint density at radius 3 is 2.33 bits per heavy atom. The first-order chi connectivity index (χ1) is 14.0. The van der Waals surface area contributed by atoms with Crippen molar-refractivity contribution in [3.63, 3.8) is 0 Å². The van der Waals surface area contributed by atoms with Crippen LogP contribution in [0, 0.1) is 17.0 Å². The van der Waals surface area contributed by atoms with E-state index in [9.17, 15) is 23.3 Å². The zero-order valence-electron chi connectivity index (χ0n) is 17.6. The van der Waals surface area contributed by atoms with Gasteiger partial charge in [0.05, 0.1) is 16.9 Å². The van der Waals surface area contributed by atoms with Crippen molar-refractivity contribution >= 4 is 33.0 Å². The summed E-state index contributed by atoms with van der Waals surface area (Å²) >= 11 is 0. The lowest BCUT2D eigenvalue weighted by Crippen LogP contribution is -2.32. The molecule has 1 N–H and O–H groups in total. The Morgan fingerprint density at radius 1 is 1.17 bits per heavy atom. The van der Waals surface area contributed by atoms with Crippen LogP contribution in [-0.4, -0.2) is 32.0 Å². The van der Waals surface area contributed by atoms with Crippen LogP contribution in [0.3, 0.4) is 0 Å². The number of nitrogens with one attached hydrogen (secondary N) is 1. The van der Waals surface area contributed by atoms with E-state index in [0.717, 1.165) is 10.6 Å². The van der Waals surface area contributed by atoms with Crippen molar-refractivity contribution in [3.05, 3.63) is 63.7 Å². The lowest BCUT2D eigenvalue weighted by Gasteiger charge is -2.24. The molecular formula is C21H27N3O5S. The number of benzene rings is 2. The second-order valence-electron chi connectivity index (χ2n) is 7.49. The quantitative estimate of drug-likeness (QED) is 0.470. The van der Waals surface area contributed by atoms with Crippen LogP contribution in [0.5, 0.6) is 0 Å². The lowest BCUT2D eigenvalue weighted by atomic mass is 10.0. The normalized spacial score (nSPS) is 11.4. The smallest absolute Gasteiger partial charge is 0.271 e. The summed E-state index contributed by atoms with van der Waals surface area (Å²) in [6, 6.07) is 11.7. The Balaban J connectivity index is 2.04. The average Bonchev–Trinajstić information content (AvgIpc) is 2.65. The van der Waals surface area contributed by atoms with Gasteiger partial charge in [0.1, 0.15) is 0 Å². The van der Waals surface area contributed by atoms with Gasteiger partial charge in [0, 0.05) is 30.8 Å². The van der Waals surface area contributed by atoms with Crippen LogP contribution in [-0.2, 0) is 14.8 Å². The summed E-state index contributed by atoms with van der Waals surface area (Å²) in [4.78, 5) is 22.7. The number of rotatable bonds is 9. The zero-order valence-corrected chi connectivity index (χ0v) is 18.4. The van der Waals surface area contributed by atoms with Crippen molar-refractivity contribution in [1.29, 1.82) is 0 Å². The van der Waals surface area contributed by atoms with Gasteiger partial charge >= 0.3 is 0 Å². The molecule has 2 rings (SSSR count). The topological polar surface area (TPSA) is 110 Å². The monoisotopic (exact) mass is 433 g/mol. The molecular weight excluding hydrogens is 406 g/mol. The summed E-state index contributed by atoms with van der Waals surface area (Å²) in [6.07, 6.45) is 1.43. The molecule has 0 saturated carbocycles. The molecule has 2 aromatic rings. The predicted molar refractivity (Wildman–Crippen MR) is 118 cm³/mol. The largest absolute Gasteiger partial charge is 0.326 e. The SMILES string of the molecule is Cc1ccc([N+](=O)[O-])cc1N(CCCC(=O)Nc1ccc(C(C)C)cc1)S(C)(=O)=O. The zero-order chi connectivity index (χ0) is 22.5. The van der Waals surface area contributed by atoms with Crippen molar-refractivity contribution in [1.82, 2.24) is 0 Å². The molecule has 0 aromatic heterocycles. The van der Waals surface area contributed by atoms with Crippen molar-refractivity contribution in [2.75, 3.05) is 22.4 Å². The van der Waals surface area contributed by atoms with E-state index in [1.165, 1.54) is 23.8 Å². The number of nitro groups is 1. The molecule has 8 nitrogen and oxygen atoms in total. The van der Waals surface area contributed by atoms with E-state index >= 15 is 0 Å². The highest BCUT2D eigenvalue weighted by Crippen LogP contribution is 2.28. The Morgan fingerprint density at radius 2 is 1.80 bits per heavy atom. The van der Waals surface area contributed by atoms with E-state index in [2.05, 4.69) is 19.2 Å². The van der Waals surface area contributed by atoms with Gasteiger partial charge in [0.2, 0.25) is 15.9 Å². The molecule has 2 aromatic carbocycles. The van der Waals surface area contributed by atoms with Crippen molar-refractivity contribution in [3.8, 4) is 0 Å². The molecule has 0 aliphatic heterocycles. The highest BCUT2D eigenvalue weighted by molar-refractivity contribution is 7.92. The van der Waals surface area contributed by atoms with Gasteiger partial charge in [-0.3, -0.25) is 19.2 Å². The molecule has 9 heteroatoms. The number of sulfonamides is 1. The van der Waals surface area contributed by atoms with Crippen LogP contribution in [0.25, 0.3) is 0 Å². The molecule has 0 radical (unpaired) electrons. The number of non-ortho nitro benzene ring substituents is 1. The number of anilines is 2. The average molecular weight is 434 g/mol. The minimum absolute atomic E-state index is 0.0422. The molecule has 0 bridgehead atoms. The molecule has 162 valence electrons. The molecule has 0 heterocycles. The van der Waals surface area contributed by atoms with E-state index in [4.69, 9.17) is 0 Å². The lowest BCUT2D eigenvalue weighted by molar-refractivity contribution is -0.384. The van der Waals surface area contributed by atoms with Crippen molar-refractivity contribution < 1.29 is 18.1 Å². The maximum Gasteiger partial charge on any atom is 0.271 e. The number of carbonyl (C=O) groups excluding carboxylic acids is 1. The summed E-state index contributed by atoms with van der Waals surface area (Å²) in [7, 11) is -3.67. The summed E-state index contributed by atoms with van der Waals surface area (Å²) in [5, 5.41) is 13.9. The van der Waals surface area contributed by atoms with E-state index in [1.807, 2.05) is 24.3 Å². The third kappa shape index (κ3) is 6.28. The standard InChI is InChI=1S/C21H27N3O5S/c1-15(2)17-8-10-18(11-9-17)22-21(25)6-5-13-23(30(4,28)29)20-14-19(24(26)27)12-7-16(20)3/h7-12,14-15H,5-6,13H2,1-4H3,(H,22,25). The number of carbonyl (C=O) groups is 1. The summed E-state index contributed by atoms with van der Waals surface area (Å²) < 4.78 is 25.7. The molecule has 0 aliphatic rings. The van der Waals surface area contributed by atoms with Gasteiger partial charge in [-0.1, -0.05) is 32.0 Å². The molecule has 0 saturated heterocycles. The van der Waals surface area contributed by atoms with Crippen LogP contribution in [0.2, 0.25) is 0 Å². The van der Waals surface area contributed by atoms with E-state index < -0.39 is 14.9 Å². The number of nitrogens with zero attached hydrogens (tertiary/aromatic N) is 2. The molecule has 0 spiro atoms. The summed E-state index contributed by atoms with van der Waals surface area (Å²) in [5.41, 5.74) is 2.51. The van der Waals surface area contributed by atoms with Crippen LogP contribution in [0.4, 0.5) is 17.1 Å². The fourth-order valence-corrected chi connectivity index (χ4v) is 4.02. The molecule has 0 unspecified atom stereocenters. The maximum atomic E-state index is 12.3. The van der Waals surface area contributed by atoms with Crippen molar-refractivity contribution in [2.24, 2.45) is 0 Å². The van der Waals surface area contributed by atoms with Crippen LogP contribution >= 0.6 is 0 Å². The summed E-state index contributed by atoms with van der Waals surface area (Å²) in [6.45, 7) is 5.90. The number of hydrogen-bond acceptors (Lipinski definition) is 5. The third-order valence-corrected chi connectivity index (χ3v) is 5.88. The number of hydrogen-bond donors (Lipinski definition) is 1. The van der Waals surface area contributed by atoms with Gasteiger partial charge in [0.15, 0.2) is 0 Å². The minimum atomic E-state index is -3.67. The summed E-state index contributed by atoms with van der Waals surface area (Å²) in [5.74, 6) is 0.172.